The van der Waals surface area contributed by atoms with Crippen LogP contribution in [0.15, 0.2) is 21.7 Å². The highest BCUT2D eigenvalue weighted by Gasteiger charge is 2.39. The number of hydrogen-bond donors (Lipinski definition) is 0. The highest BCUT2D eigenvalue weighted by Crippen LogP contribution is 2.19. The lowest BCUT2D eigenvalue weighted by molar-refractivity contribution is -0.169. The summed E-state index contributed by atoms with van der Waals surface area (Å²) in [6.07, 6.45) is -2.38. The summed E-state index contributed by atoms with van der Waals surface area (Å²) in [5.41, 5.74) is 0. The maximum atomic E-state index is 11.9. The number of alkyl halides is 3. The Kier molecular flexibility index (Phi) is 3.72. The van der Waals surface area contributed by atoms with Crippen molar-refractivity contribution in [2.75, 3.05) is 6.26 Å². The molecule has 0 spiro atoms. The highest BCUT2D eigenvalue weighted by atomic mass is 35.5. The predicted octanol–water partition coefficient (Wildman–Crippen LogP) is 1.68. The first-order valence-electron chi connectivity index (χ1n) is 3.94. The zero-order chi connectivity index (χ0) is 13.3. The van der Waals surface area contributed by atoms with Crippen LogP contribution in [0.2, 0.25) is 5.28 Å². The number of nitrogens with zero attached hydrogens (tertiary/aromatic N) is 3. The van der Waals surface area contributed by atoms with Crippen molar-refractivity contribution in [1.29, 1.82) is 0 Å². The van der Waals surface area contributed by atoms with E-state index in [4.69, 9.17) is 11.6 Å². The van der Waals surface area contributed by atoms with E-state index in [1.807, 2.05) is 0 Å². The SMILES string of the molecule is C[S@@](=O)(=NC(=O)C(F)(F)F)c1cnc(Cl)nc1. The second-order valence-corrected chi connectivity index (χ2v) is 5.48. The molecule has 0 aromatic carbocycles. The van der Waals surface area contributed by atoms with Gasteiger partial charge in [-0.3, -0.25) is 4.79 Å². The Morgan fingerprint density at radius 3 is 2.29 bits per heavy atom. The second-order valence-electron chi connectivity index (χ2n) is 2.88. The fourth-order valence-corrected chi connectivity index (χ4v) is 1.88. The standard InChI is InChI=1S/C7H5ClF3N3O2S/c1-17(16,14-5(15)7(9,10)11)4-2-12-6(8)13-3-4/h2-3H,1H3/t17-/m0/s1. The lowest BCUT2D eigenvalue weighted by Crippen LogP contribution is -2.21. The monoisotopic (exact) mass is 287 g/mol. The maximum absolute atomic E-state index is 11.9. The van der Waals surface area contributed by atoms with Gasteiger partial charge in [-0.1, -0.05) is 0 Å². The van der Waals surface area contributed by atoms with Crippen molar-refractivity contribution in [2.24, 2.45) is 4.36 Å². The molecule has 0 N–H and O–H groups in total. The van der Waals surface area contributed by atoms with Crippen LogP contribution in [0, 0.1) is 0 Å². The molecule has 0 unspecified atom stereocenters. The molecule has 1 atom stereocenters. The lowest BCUT2D eigenvalue weighted by atomic mass is 10.6. The Labute approximate surface area is 99.2 Å². The third kappa shape index (κ3) is 3.63. The van der Waals surface area contributed by atoms with Crippen LogP contribution in [0.25, 0.3) is 0 Å². The molecule has 0 fully saturated rings. The minimum Gasteiger partial charge on any atom is -0.261 e. The van der Waals surface area contributed by atoms with Gasteiger partial charge in [-0.15, -0.1) is 4.36 Å². The molecule has 0 aliphatic rings. The molecule has 0 saturated carbocycles. The van der Waals surface area contributed by atoms with Gasteiger partial charge in [-0.25, -0.2) is 14.2 Å². The van der Waals surface area contributed by atoms with E-state index in [1.165, 1.54) is 0 Å². The Bertz CT molecular complexity index is 548. The summed E-state index contributed by atoms with van der Waals surface area (Å²) in [5, 5.41) is -0.161. The van der Waals surface area contributed by atoms with Gasteiger partial charge >= 0.3 is 12.1 Å². The van der Waals surface area contributed by atoms with Crippen LogP contribution in [0.4, 0.5) is 13.2 Å². The van der Waals surface area contributed by atoms with Gasteiger partial charge in [0.2, 0.25) is 5.28 Å². The van der Waals surface area contributed by atoms with E-state index in [1.54, 1.807) is 0 Å². The van der Waals surface area contributed by atoms with Crippen LogP contribution in [-0.4, -0.2) is 32.5 Å². The van der Waals surface area contributed by atoms with Crippen LogP contribution in [0.3, 0.4) is 0 Å². The number of aromatic nitrogens is 2. The Balaban J connectivity index is 3.20. The van der Waals surface area contributed by atoms with Gasteiger partial charge in [-0.05, 0) is 11.6 Å². The van der Waals surface area contributed by atoms with E-state index in [0.29, 0.717) is 0 Å². The average Bonchev–Trinajstić information content (AvgIpc) is 2.16. The minimum atomic E-state index is -5.16. The molecule has 0 aliphatic heterocycles. The zero-order valence-electron chi connectivity index (χ0n) is 8.23. The van der Waals surface area contributed by atoms with Crippen molar-refractivity contribution in [3.63, 3.8) is 0 Å². The molecule has 0 saturated heterocycles. The van der Waals surface area contributed by atoms with Crippen molar-refractivity contribution in [1.82, 2.24) is 9.97 Å². The minimum absolute atomic E-state index is 0.161. The molecular weight excluding hydrogens is 283 g/mol. The van der Waals surface area contributed by atoms with E-state index >= 15 is 0 Å². The summed E-state index contributed by atoms with van der Waals surface area (Å²) in [6.45, 7) is 0. The van der Waals surface area contributed by atoms with Crippen molar-refractivity contribution in [3.05, 3.63) is 17.7 Å². The maximum Gasteiger partial charge on any atom is 0.474 e. The van der Waals surface area contributed by atoms with Crippen LogP contribution < -0.4 is 0 Å². The van der Waals surface area contributed by atoms with Gasteiger partial charge in [0, 0.05) is 18.6 Å². The molecule has 5 nitrogen and oxygen atoms in total. The Morgan fingerprint density at radius 2 is 1.88 bits per heavy atom. The third-order valence-corrected chi connectivity index (χ3v) is 3.33. The quantitative estimate of drug-likeness (QED) is 0.737. The summed E-state index contributed by atoms with van der Waals surface area (Å²) in [4.78, 5) is 17.2. The number of carbonyl (C=O) groups is 1. The number of carbonyl (C=O) groups excluding carboxylic acids is 1. The second kappa shape index (κ2) is 4.57. The molecule has 17 heavy (non-hydrogen) atoms. The van der Waals surface area contributed by atoms with Gasteiger partial charge < -0.3 is 0 Å². The highest BCUT2D eigenvalue weighted by molar-refractivity contribution is 7.93. The van der Waals surface area contributed by atoms with Crippen molar-refractivity contribution in [2.45, 2.75) is 11.1 Å². The third-order valence-electron chi connectivity index (χ3n) is 1.53. The molecule has 0 aliphatic carbocycles. The van der Waals surface area contributed by atoms with E-state index in [-0.39, 0.29) is 10.2 Å². The van der Waals surface area contributed by atoms with Gasteiger partial charge in [-0.2, -0.15) is 13.2 Å². The predicted molar refractivity (Wildman–Crippen MR) is 52.9 cm³/mol. The van der Waals surface area contributed by atoms with Crippen molar-refractivity contribution >= 4 is 27.2 Å². The van der Waals surface area contributed by atoms with Crippen molar-refractivity contribution in [3.8, 4) is 0 Å². The zero-order valence-corrected chi connectivity index (χ0v) is 9.81. The van der Waals surface area contributed by atoms with E-state index < -0.39 is 21.8 Å². The number of halogens is 4. The summed E-state index contributed by atoms with van der Waals surface area (Å²) in [6, 6.07) is 0. The van der Waals surface area contributed by atoms with Crippen LogP contribution in [0.5, 0.6) is 0 Å². The first kappa shape index (κ1) is 13.8. The number of hydrogen-bond acceptors (Lipinski definition) is 4. The van der Waals surface area contributed by atoms with E-state index in [9.17, 15) is 22.2 Å². The molecule has 10 heteroatoms. The van der Waals surface area contributed by atoms with Gasteiger partial charge in [0.15, 0.2) is 0 Å². The summed E-state index contributed by atoms with van der Waals surface area (Å²) >= 11 is 5.35. The average molecular weight is 288 g/mol. The fraction of sp³-hybridized carbons (Fsp3) is 0.286. The largest absolute Gasteiger partial charge is 0.474 e. The summed E-state index contributed by atoms with van der Waals surface area (Å²) in [7, 11) is -3.54. The lowest BCUT2D eigenvalue weighted by Gasteiger charge is -2.04. The van der Waals surface area contributed by atoms with E-state index in [0.717, 1.165) is 18.6 Å². The van der Waals surface area contributed by atoms with Crippen LogP contribution in [-0.2, 0) is 14.5 Å². The molecule has 1 aromatic heterocycles. The molecule has 1 amide bonds. The smallest absolute Gasteiger partial charge is 0.261 e. The Hall–Kier alpha value is -1.22. The number of rotatable bonds is 1. The first-order chi connectivity index (χ1) is 7.63. The Morgan fingerprint density at radius 1 is 1.41 bits per heavy atom. The topological polar surface area (TPSA) is 72.3 Å². The molecule has 1 rings (SSSR count). The molecular formula is C7H5ClF3N3O2S. The van der Waals surface area contributed by atoms with Crippen LogP contribution >= 0.6 is 11.6 Å². The van der Waals surface area contributed by atoms with Crippen LogP contribution in [0.1, 0.15) is 0 Å². The van der Waals surface area contributed by atoms with Gasteiger partial charge in [0.05, 0.1) is 14.6 Å². The molecule has 1 heterocycles. The van der Waals surface area contributed by atoms with Crippen molar-refractivity contribution < 1.29 is 22.2 Å². The summed E-state index contributed by atoms with van der Waals surface area (Å²) < 4.78 is 50.2. The summed E-state index contributed by atoms with van der Waals surface area (Å²) in [5.74, 6) is -2.42. The number of amides is 1. The fourth-order valence-electron chi connectivity index (χ4n) is 0.759. The van der Waals surface area contributed by atoms with Gasteiger partial charge in [0.25, 0.3) is 0 Å². The molecule has 0 bridgehead atoms. The molecule has 0 radical (unpaired) electrons. The molecule has 1 aromatic rings. The van der Waals surface area contributed by atoms with Gasteiger partial charge in [0.1, 0.15) is 0 Å². The van der Waals surface area contributed by atoms with E-state index in [2.05, 4.69) is 14.3 Å². The normalized spacial score (nSPS) is 15.1. The first-order valence-corrected chi connectivity index (χ1v) is 6.24. The molecule has 94 valence electrons.